The van der Waals surface area contributed by atoms with Gasteiger partial charge in [-0.1, -0.05) is 91.0 Å². The predicted octanol–water partition coefficient (Wildman–Crippen LogP) is 5.72. The highest BCUT2D eigenvalue weighted by molar-refractivity contribution is 7.53. The van der Waals surface area contributed by atoms with E-state index in [1.165, 1.54) is 6.92 Å². The summed E-state index contributed by atoms with van der Waals surface area (Å²) in [6, 6.07) is 28.0. The van der Waals surface area contributed by atoms with Crippen LogP contribution in [-0.2, 0) is 52.5 Å². The third-order valence-corrected chi connectivity index (χ3v) is 7.54. The maximum absolute atomic E-state index is 13.7. The molecule has 0 spiro atoms. The first-order chi connectivity index (χ1) is 17.5. The number of hydrogen-bond donors (Lipinski definition) is 0. The molecule has 0 N–H and O–H groups in total. The number of aldehydes is 1. The highest BCUT2D eigenvalue weighted by atomic mass is 31.2. The summed E-state index contributed by atoms with van der Waals surface area (Å²) in [5.41, 5.74) is 1.08. The third kappa shape index (κ3) is 8.54. The first kappa shape index (κ1) is 27.5. The Hall–Kier alpha value is -3.09. The first-order valence-corrected chi connectivity index (χ1v) is 13.4. The summed E-state index contributed by atoms with van der Waals surface area (Å²) in [5.74, 6) is 0. The van der Waals surface area contributed by atoms with Crippen molar-refractivity contribution in [2.45, 2.75) is 44.9 Å². The van der Waals surface area contributed by atoms with Gasteiger partial charge in [-0.3, -0.25) is 14.2 Å². The first-order valence-electron chi connectivity index (χ1n) is 11.7. The average molecular weight is 511 g/mol. The molecule has 0 bridgehead atoms. The minimum absolute atomic E-state index is 0.0314. The van der Waals surface area contributed by atoms with Gasteiger partial charge in [-0.15, -0.1) is 0 Å². The molecule has 7 nitrogen and oxygen atoms in total. The molecule has 190 valence electrons. The molecule has 0 amide bonds. The lowest BCUT2D eigenvalue weighted by Gasteiger charge is -2.32. The Kier molecular flexibility index (Phi) is 10.6. The van der Waals surface area contributed by atoms with E-state index in [0.29, 0.717) is 6.29 Å². The monoisotopic (exact) mass is 510 g/mol. The third-order valence-electron chi connectivity index (χ3n) is 5.69. The molecule has 0 unspecified atom stereocenters. The van der Waals surface area contributed by atoms with E-state index in [-0.39, 0.29) is 38.9 Å². The van der Waals surface area contributed by atoms with Crippen molar-refractivity contribution in [3.63, 3.8) is 0 Å². The number of hydrogen-bond acceptors (Lipinski definition) is 7. The van der Waals surface area contributed by atoms with Crippen LogP contribution in [0.1, 0.15) is 30.0 Å². The van der Waals surface area contributed by atoms with Crippen LogP contribution in [-0.4, -0.2) is 30.6 Å². The molecule has 36 heavy (non-hydrogen) atoms. The Labute approximate surface area is 211 Å². The van der Waals surface area contributed by atoms with E-state index < -0.39 is 19.3 Å². The van der Waals surface area contributed by atoms with Crippen LogP contribution in [0.3, 0.4) is 0 Å². The summed E-state index contributed by atoms with van der Waals surface area (Å²) in [6.07, 6.45) is -0.442. The van der Waals surface area contributed by atoms with Gasteiger partial charge < -0.3 is 18.5 Å². The molecule has 0 saturated heterocycles. The van der Waals surface area contributed by atoms with Crippen LogP contribution in [0.4, 0.5) is 0 Å². The van der Waals surface area contributed by atoms with Gasteiger partial charge in [0.05, 0.1) is 26.0 Å². The predicted molar refractivity (Wildman–Crippen MR) is 136 cm³/mol. The normalized spacial score (nSPS) is 13.9. The van der Waals surface area contributed by atoms with Gasteiger partial charge in [0.1, 0.15) is 6.10 Å². The molecule has 0 aliphatic heterocycles. The second kappa shape index (κ2) is 13.9. The van der Waals surface area contributed by atoms with Crippen molar-refractivity contribution in [1.82, 2.24) is 0 Å². The Balaban J connectivity index is 1.71. The zero-order valence-electron chi connectivity index (χ0n) is 20.2. The zero-order valence-corrected chi connectivity index (χ0v) is 21.1. The van der Waals surface area contributed by atoms with Crippen molar-refractivity contribution < 1.29 is 32.7 Å². The molecule has 3 aromatic rings. The van der Waals surface area contributed by atoms with Gasteiger partial charge in [-0.2, -0.15) is 0 Å². The van der Waals surface area contributed by atoms with Gasteiger partial charge in [0.2, 0.25) is 0 Å². The fourth-order valence-electron chi connectivity index (χ4n) is 3.51. The fraction of sp³-hybridized carbons (Fsp3) is 0.286. The van der Waals surface area contributed by atoms with E-state index in [2.05, 4.69) is 0 Å². The quantitative estimate of drug-likeness (QED) is 0.180. The zero-order chi connectivity index (χ0) is 25.7. The van der Waals surface area contributed by atoms with Crippen LogP contribution >= 0.6 is 7.60 Å². The minimum Gasteiger partial charge on any atom is -0.461 e. The molecule has 0 radical (unpaired) electrons. The highest BCUT2D eigenvalue weighted by Gasteiger charge is 2.39. The SMILES string of the molecule is C[C@@](C=O)(OCc1ccccc1)[C@@H](CCP(=O)(OCc1ccccc1)OCc1ccccc1)OC=O. The number of carbonyl (C=O) groups excluding carboxylic acids is 2. The average Bonchev–Trinajstić information content (AvgIpc) is 2.93. The Morgan fingerprint density at radius 1 is 0.750 bits per heavy atom. The number of ether oxygens (including phenoxy) is 2. The summed E-state index contributed by atoms with van der Waals surface area (Å²) >= 11 is 0. The summed E-state index contributed by atoms with van der Waals surface area (Å²) in [7, 11) is -3.65. The molecule has 0 aliphatic carbocycles. The van der Waals surface area contributed by atoms with Gasteiger partial charge in [0.15, 0.2) is 11.9 Å². The van der Waals surface area contributed by atoms with Gasteiger partial charge in [-0.05, 0) is 30.0 Å². The number of rotatable bonds is 16. The molecule has 8 heteroatoms. The van der Waals surface area contributed by atoms with Crippen LogP contribution in [0.25, 0.3) is 0 Å². The van der Waals surface area contributed by atoms with Crippen LogP contribution in [0, 0.1) is 0 Å². The molecule has 0 fully saturated rings. The molecule has 0 aromatic heterocycles. The summed E-state index contributed by atoms with van der Waals surface area (Å²) in [5, 5.41) is 0. The second-order valence-electron chi connectivity index (χ2n) is 8.44. The van der Waals surface area contributed by atoms with E-state index in [1.807, 2.05) is 91.0 Å². The molecular weight excluding hydrogens is 479 g/mol. The Morgan fingerprint density at radius 2 is 1.19 bits per heavy atom. The van der Waals surface area contributed by atoms with E-state index in [9.17, 15) is 14.2 Å². The maximum atomic E-state index is 13.7. The summed E-state index contributed by atoms with van der Waals surface area (Å²) in [6.45, 7) is 2.11. The number of carbonyl (C=O) groups is 2. The van der Waals surface area contributed by atoms with Crippen LogP contribution in [0.5, 0.6) is 0 Å². The van der Waals surface area contributed by atoms with Crippen LogP contribution < -0.4 is 0 Å². The van der Waals surface area contributed by atoms with Gasteiger partial charge in [0, 0.05) is 0 Å². The molecule has 2 atom stereocenters. The van der Waals surface area contributed by atoms with Crippen molar-refractivity contribution in [1.29, 1.82) is 0 Å². The lowest BCUT2D eigenvalue weighted by molar-refractivity contribution is -0.164. The van der Waals surface area contributed by atoms with Crippen LogP contribution in [0.2, 0.25) is 0 Å². The fourth-order valence-corrected chi connectivity index (χ4v) is 5.08. The van der Waals surface area contributed by atoms with Gasteiger partial charge in [-0.25, -0.2) is 0 Å². The lowest BCUT2D eigenvalue weighted by Crippen LogP contribution is -2.45. The van der Waals surface area contributed by atoms with Gasteiger partial charge >= 0.3 is 7.60 Å². The van der Waals surface area contributed by atoms with Crippen LogP contribution in [0.15, 0.2) is 91.0 Å². The van der Waals surface area contributed by atoms with Crippen molar-refractivity contribution >= 4 is 20.4 Å². The molecule has 0 heterocycles. The second-order valence-corrected chi connectivity index (χ2v) is 10.6. The van der Waals surface area contributed by atoms with E-state index >= 15 is 0 Å². The summed E-state index contributed by atoms with van der Waals surface area (Å²) in [4.78, 5) is 23.3. The molecular formula is C28H31O7P. The van der Waals surface area contributed by atoms with Crippen molar-refractivity contribution in [3.05, 3.63) is 108 Å². The Bertz CT molecular complexity index is 1060. The van der Waals surface area contributed by atoms with E-state index in [0.717, 1.165) is 16.7 Å². The van der Waals surface area contributed by atoms with Crippen molar-refractivity contribution in [3.8, 4) is 0 Å². The molecule has 0 saturated carbocycles. The topological polar surface area (TPSA) is 88.1 Å². The molecule has 3 rings (SSSR count). The van der Waals surface area contributed by atoms with E-state index in [4.69, 9.17) is 18.5 Å². The number of benzene rings is 3. The molecule has 3 aromatic carbocycles. The minimum atomic E-state index is -3.65. The smallest absolute Gasteiger partial charge is 0.331 e. The summed E-state index contributed by atoms with van der Waals surface area (Å²) < 4.78 is 36.5. The van der Waals surface area contributed by atoms with Gasteiger partial charge in [0.25, 0.3) is 6.47 Å². The molecule has 0 aliphatic rings. The highest BCUT2D eigenvalue weighted by Crippen LogP contribution is 2.51. The van der Waals surface area contributed by atoms with Crippen molar-refractivity contribution in [2.24, 2.45) is 0 Å². The van der Waals surface area contributed by atoms with Crippen molar-refractivity contribution in [2.75, 3.05) is 6.16 Å². The Morgan fingerprint density at radius 3 is 1.61 bits per heavy atom. The largest absolute Gasteiger partial charge is 0.461 e. The standard InChI is InChI=1S/C28H31O7P/c1-28(22-29,33-19-24-11-5-2-6-12-24)27(32-23-30)17-18-36(31,34-20-25-13-7-3-8-14-25)35-21-26-15-9-4-10-16-26/h2-16,22-23,27H,17-21H2,1H3/t27-,28+/m1/s1. The van der Waals surface area contributed by atoms with E-state index in [1.54, 1.807) is 0 Å². The lowest BCUT2D eigenvalue weighted by atomic mass is 9.98. The maximum Gasteiger partial charge on any atom is 0.331 e.